The van der Waals surface area contributed by atoms with Crippen LogP contribution in [0.1, 0.15) is 0 Å². The lowest BCUT2D eigenvalue weighted by molar-refractivity contribution is 0.256. The first kappa shape index (κ1) is 8.19. The molecule has 0 saturated carbocycles. The molecule has 64 valence electrons. The van der Waals surface area contributed by atoms with Crippen molar-refractivity contribution in [2.24, 2.45) is 11.5 Å². The molecule has 0 fully saturated rings. The molecule has 0 atom stereocenters. The first-order valence-corrected chi connectivity index (χ1v) is 3.16. The summed E-state index contributed by atoms with van der Waals surface area (Å²) in [7, 11) is 0. The van der Waals surface area contributed by atoms with E-state index in [0.29, 0.717) is 5.75 Å². The van der Waals surface area contributed by atoms with Crippen molar-refractivity contribution in [3.05, 3.63) is 18.2 Å². The van der Waals surface area contributed by atoms with Crippen LogP contribution in [0.3, 0.4) is 0 Å². The second-order valence-electron chi connectivity index (χ2n) is 2.11. The molecule has 0 radical (unpaired) electrons. The van der Waals surface area contributed by atoms with Crippen LogP contribution in [0.4, 0.5) is 4.79 Å². The number of phenols is 1. The molecule has 1 aromatic carbocycles. The van der Waals surface area contributed by atoms with Crippen molar-refractivity contribution >= 4 is 6.03 Å². The second kappa shape index (κ2) is 3.00. The van der Waals surface area contributed by atoms with Gasteiger partial charge in [-0.05, 0) is 12.1 Å². The Balaban J connectivity index is 0.000000157. The van der Waals surface area contributed by atoms with Crippen molar-refractivity contribution in [3.8, 4) is 17.2 Å². The van der Waals surface area contributed by atoms with Crippen LogP contribution >= 0.6 is 0 Å². The number of carbonyl (C=O) groups excluding carboxylic acids is 1. The van der Waals surface area contributed by atoms with E-state index in [4.69, 9.17) is 14.6 Å². The number of rotatable bonds is 0. The van der Waals surface area contributed by atoms with E-state index in [2.05, 4.69) is 11.5 Å². The van der Waals surface area contributed by atoms with Gasteiger partial charge in [0.2, 0.25) is 5.75 Å². The number of hydrogen-bond donors (Lipinski definition) is 3. The number of urea groups is 1. The largest absolute Gasteiger partial charge is 0.504 e. The van der Waals surface area contributed by atoms with Crippen molar-refractivity contribution in [1.82, 2.24) is 0 Å². The monoisotopic (exact) mass is 168 g/mol. The number of hydrogen-bond acceptors (Lipinski definition) is 3. The number of carbonyl (C=O) groups is 1. The lowest BCUT2D eigenvalue weighted by Gasteiger charge is -1.77. The van der Waals surface area contributed by atoms with E-state index in [0.717, 1.165) is 5.75 Å². The summed E-state index contributed by atoms with van der Waals surface area (Å²) >= 11 is 0. The Bertz CT molecular complexity index is 308. The molecule has 5 nitrogen and oxygen atoms in total. The summed E-state index contributed by atoms with van der Waals surface area (Å²) in [5.74, 6) is 1.67. The van der Waals surface area contributed by atoms with Crippen molar-refractivity contribution < 1.29 is 14.6 Å². The number of benzene rings is 1. The van der Waals surface area contributed by atoms with Crippen LogP contribution in [0.2, 0.25) is 0 Å². The molecule has 1 aliphatic rings. The predicted octanol–water partition coefficient (Wildman–Crippen LogP) is 0.522. The molecule has 0 aliphatic carbocycles. The number of ether oxygens (including phenoxy) is 1. The van der Waals surface area contributed by atoms with Crippen molar-refractivity contribution in [3.63, 3.8) is 0 Å². The number of para-hydroxylation sites is 1. The SMILES string of the molecule is NC(N)=O.Oc1cccc2c1O2. The lowest BCUT2D eigenvalue weighted by Crippen LogP contribution is -2.18. The Morgan fingerprint density at radius 2 is 2.00 bits per heavy atom. The molecule has 5 heteroatoms. The van der Waals surface area contributed by atoms with Crippen molar-refractivity contribution in [2.45, 2.75) is 0 Å². The fraction of sp³-hybridized carbons (Fsp3) is 0. The average molecular weight is 168 g/mol. The Hall–Kier alpha value is -1.91. The number of nitrogens with two attached hydrogens (primary N) is 2. The van der Waals surface area contributed by atoms with Crippen LogP contribution in [0.25, 0.3) is 0 Å². The zero-order valence-electron chi connectivity index (χ0n) is 6.15. The lowest BCUT2D eigenvalue weighted by atomic mass is 10.3. The van der Waals surface area contributed by atoms with Gasteiger partial charge in [-0.15, -0.1) is 0 Å². The summed E-state index contributed by atoms with van der Waals surface area (Å²) < 4.78 is 4.82. The molecule has 12 heavy (non-hydrogen) atoms. The molecular weight excluding hydrogens is 160 g/mol. The summed E-state index contributed by atoms with van der Waals surface area (Å²) in [6.07, 6.45) is 0. The maximum atomic E-state index is 9.00. The van der Waals surface area contributed by atoms with Gasteiger partial charge in [-0.2, -0.15) is 0 Å². The van der Waals surface area contributed by atoms with Crippen molar-refractivity contribution in [1.29, 1.82) is 0 Å². The van der Waals surface area contributed by atoms with Gasteiger partial charge in [-0.3, -0.25) is 0 Å². The number of aromatic hydroxyl groups is 1. The van der Waals surface area contributed by atoms with E-state index in [9.17, 15) is 0 Å². The molecule has 1 heterocycles. The fourth-order valence-electron chi connectivity index (χ4n) is 0.675. The molecule has 2 rings (SSSR count). The van der Waals surface area contributed by atoms with Crippen LogP contribution in [-0.4, -0.2) is 11.1 Å². The van der Waals surface area contributed by atoms with Gasteiger partial charge in [0.05, 0.1) is 0 Å². The molecule has 0 saturated heterocycles. The Labute approximate surface area is 68.5 Å². The van der Waals surface area contributed by atoms with Crippen LogP contribution in [0.5, 0.6) is 17.2 Å². The number of phenolic OH excluding ortho intramolecular Hbond substituents is 1. The highest BCUT2D eigenvalue weighted by Gasteiger charge is 2.22. The van der Waals surface area contributed by atoms with E-state index < -0.39 is 6.03 Å². The standard InChI is InChI=1S/C6H4O2.CH4N2O/c7-4-2-1-3-5-6(4)8-5;2-1(3)4/h1-3,7H;(H4,2,3,4). The number of fused-ring (bicyclic) bond motifs is 1. The smallest absolute Gasteiger partial charge is 0.309 e. The maximum absolute atomic E-state index is 9.00. The van der Waals surface area contributed by atoms with Crippen LogP contribution in [0, 0.1) is 0 Å². The minimum absolute atomic E-state index is 0.238. The molecule has 0 aromatic heterocycles. The summed E-state index contributed by atoms with van der Waals surface area (Å²) in [4.78, 5) is 9.00. The van der Waals surface area contributed by atoms with Crippen LogP contribution < -0.4 is 16.2 Å². The average Bonchev–Trinajstić information content (AvgIpc) is 2.65. The van der Waals surface area contributed by atoms with E-state index in [1.54, 1.807) is 12.1 Å². The molecule has 1 aliphatic heterocycles. The number of amides is 2. The highest BCUT2D eigenvalue weighted by atomic mass is 16.6. The van der Waals surface area contributed by atoms with Gasteiger partial charge in [0.15, 0.2) is 11.5 Å². The number of primary amides is 2. The van der Waals surface area contributed by atoms with Gasteiger partial charge in [-0.25, -0.2) is 4.79 Å². The second-order valence-corrected chi connectivity index (χ2v) is 2.11. The van der Waals surface area contributed by atoms with E-state index >= 15 is 0 Å². The van der Waals surface area contributed by atoms with Gasteiger partial charge in [0.1, 0.15) is 0 Å². The highest BCUT2D eigenvalue weighted by Crippen LogP contribution is 2.51. The van der Waals surface area contributed by atoms with E-state index in [-0.39, 0.29) is 5.75 Å². The van der Waals surface area contributed by atoms with Gasteiger partial charge >= 0.3 is 6.03 Å². The quantitative estimate of drug-likeness (QED) is 0.499. The zero-order valence-corrected chi connectivity index (χ0v) is 6.15. The highest BCUT2D eigenvalue weighted by molar-refractivity contribution is 5.69. The third-order valence-corrected chi connectivity index (χ3v) is 1.13. The molecule has 0 bridgehead atoms. The summed E-state index contributed by atoms with van der Waals surface area (Å²) in [6, 6.07) is 4.34. The Kier molecular flexibility index (Phi) is 2.05. The molecule has 1 aromatic rings. The van der Waals surface area contributed by atoms with Gasteiger partial charge < -0.3 is 21.3 Å². The maximum Gasteiger partial charge on any atom is 0.309 e. The normalized spacial score (nSPS) is 10.0. The summed E-state index contributed by atoms with van der Waals surface area (Å²) in [6.45, 7) is 0. The molecule has 5 N–H and O–H groups in total. The first-order chi connectivity index (χ1) is 5.61. The molecular formula is C7H8N2O3. The van der Waals surface area contributed by atoms with Crippen molar-refractivity contribution in [2.75, 3.05) is 0 Å². The van der Waals surface area contributed by atoms with Gasteiger partial charge in [0, 0.05) is 0 Å². The topological polar surface area (TPSA) is 102 Å². The minimum Gasteiger partial charge on any atom is -0.504 e. The predicted molar refractivity (Wildman–Crippen MR) is 42.0 cm³/mol. The minimum atomic E-state index is -0.833. The fourth-order valence-corrected chi connectivity index (χ4v) is 0.675. The molecule has 0 unspecified atom stereocenters. The van der Waals surface area contributed by atoms with Gasteiger partial charge in [0.25, 0.3) is 0 Å². The third kappa shape index (κ3) is 2.05. The van der Waals surface area contributed by atoms with Crippen LogP contribution in [0.15, 0.2) is 18.2 Å². The molecule has 2 amide bonds. The van der Waals surface area contributed by atoms with Gasteiger partial charge in [-0.1, -0.05) is 6.07 Å². The van der Waals surface area contributed by atoms with E-state index in [1.165, 1.54) is 0 Å². The first-order valence-electron chi connectivity index (χ1n) is 3.16. The Morgan fingerprint density at radius 1 is 1.42 bits per heavy atom. The Morgan fingerprint density at radius 3 is 2.42 bits per heavy atom. The third-order valence-electron chi connectivity index (χ3n) is 1.13. The van der Waals surface area contributed by atoms with E-state index in [1.807, 2.05) is 6.07 Å². The summed E-state index contributed by atoms with van der Waals surface area (Å²) in [5.41, 5.74) is 8.50. The molecule has 0 spiro atoms. The van der Waals surface area contributed by atoms with Crippen LogP contribution in [-0.2, 0) is 0 Å². The summed E-state index contributed by atoms with van der Waals surface area (Å²) in [5, 5.41) is 8.85. The zero-order chi connectivity index (χ0) is 9.14.